The van der Waals surface area contributed by atoms with Crippen molar-refractivity contribution in [1.29, 1.82) is 0 Å². The number of hydrogen-bond donors (Lipinski definition) is 1. The summed E-state index contributed by atoms with van der Waals surface area (Å²) in [7, 11) is -2.20. The Morgan fingerprint density at radius 2 is 1.53 bits per heavy atom. The van der Waals surface area contributed by atoms with E-state index in [-0.39, 0.29) is 19.0 Å². The van der Waals surface area contributed by atoms with Crippen LogP contribution in [0.4, 0.5) is 0 Å². The van der Waals surface area contributed by atoms with E-state index in [1.165, 1.54) is 11.9 Å². The van der Waals surface area contributed by atoms with E-state index >= 15 is 0 Å². The molecule has 0 aliphatic rings. The Morgan fingerprint density at radius 3 is 2.06 bits per heavy atom. The zero-order valence-electron chi connectivity index (χ0n) is 19.2. The number of carbonyl (C=O) groups is 2. The predicted molar refractivity (Wildman–Crippen MR) is 126 cm³/mol. The fourth-order valence-corrected chi connectivity index (χ4v) is 3.54. The molecule has 0 fully saturated rings. The highest BCUT2D eigenvalue weighted by atomic mass is 32.2. The SMILES string of the molecule is CC(C)CCNC(=O)C(c1ccccc1)N(Cc1ccccc1)C(=O)CN(C)S(C)(=O)=O. The Bertz CT molecular complexity index is 979. The van der Waals surface area contributed by atoms with Gasteiger partial charge in [0.05, 0.1) is 12.8 Å². The van der Waals surface area contributed by atoms with E-state index in [9.17, 15) is 18.0 Å². The van der Waals surface area contributed by atoms with Crippen LogP contribution in [-0.2, 0) is 26.2 Å². The van der Waals surface area contributed by atoms with Crippen LogP contribution >= 0.6 is 0 Å². The van der Waals surface area contributed by atoms with Gasteiger partial charge >= 0.3 is 0 Å². The average Bonchev–Trinajstić information content (AvgIpc) is 2.73. The molecule has 0 aliphatic carbocycles. The van der Waals surface area contributed by atoms with Gasteiger partial charge in [-0.25, -0.2) is 8.42 Å². The lowest BCUT2D eigenvalue weighted by atomic mass is 10.0. The maximum Gasteiger partial charge on any atom is 0.247 e. The van der Waals surface area contributed by atoms with Crippen molar-refractivity contribution in [2.75, 3.05) is 26.4 Å². The second kappa shape index (κ2) is 11.8. The monoisotopic (exact) mass is 459 g/mol. The molecule has 0 aliphatic heterocycles. The maximum atomic E-state index is 13.3. The van der Waals surface area contributed by atoms with Crippen molar-refractivity contribution in [3.63, 3.8) is 0 Å². The zero-order valence-corrected chi connectivity index (χ0v) is 20.0. The molecule has 1 unspecified atom stereocenters. The van der Waals surface area contributed by atoms with Gasteiger partial charge in [0.2, 0.25) is 21.8 Å². The maximum absolute atomic E-state index is 13.3. The first-order valence-electron chi connectivity index (χ1n) is 10.7. The molecule has 2 aromatic rings. The minimum atomic E-state index is -3.55. The number of nitrogens with zero attached hydrogens (tertiary/aromatic N) is 2. The number of benzene rings is 2. The van der Waals surface area contributed by atoms with E-state index in [1.54, 1.807) is 12.1 Å². The molecular formula is C24H33N3O4S. The van der Waals surface area contributed by atoms with Crippen LogP contribution in [0.1, 0.15) is 37.4 Å². The molecule has 2 aromatic carbocycles. The molecule has 0 saturated heterocycles. The van der Waals surface area contributed by atoms with Gasteiger partial charge in [0.15, 0.2) is 0 Å². The summed E-state index contributed by atoms with van der Waals surface area (Å²) in [5.41, 5.74) is 1.51. The van der Waals surface area contributed by atoms with Crippen LogP contribution in [0.25, 0.3) is 0 Å². The second-order valence-electron chi connectivity index (χ2n) is 8.31. The molecule has 1 N–H and O–H groups in total. The van der Waals surface area contributed by atoms with Crippen LogP contribution in [0.3, 0.4) is 0 Å². The van der Waals surface area contributed by atoms with Gasteiger partial charge in [0.1, 0.15) is 6.04 Å². The normalized spacial score (nSPS) is 12.6. The van der Waals surface area contributed by atoms with Crippen molar-refractivity contribution in [2.24, 2.45) is 5.92 Å². The molecule has 8 heteroatoms. The smallest absolute Gasteiger partial charge is 0.247 e. The van der Waals surface area contributed by atoms with Crippen molar-refractivity contribution in [2.45, 2.75) is 32.9 Å². The number of amides is 2. The molecule has 0 aromatic heterocycles. The third-order valence-corrected chi connectivity index (χ3v) is 6.40. The molecule has 0 spiro atoms. The highest BCUT2D eigenvalue weighted by Gasteiger charge is 2.32. The van der Waals surface area contributed by atoms with Gasteiger partial charge in [0.25, 0.3) is 0 Å². The molecule has 0 bridgehead atoms. The van der Waals surface area contributed by atoms with Crippen molar-refractivity contribution in [1.82, 2.24) is 14.5 Å². The fraction of sp³-hybridized carbons (Fsp3) is 0.417. The summed E-state index contributed by atoms with van der Waals surface area (Å²) in [6.07, 6.45) is 1.87. The minimum Gasteiger partial charge on any atom is -0.354 e. The predicted octanol–water partition coefficient (Wildman–Crippen LogP) is 2.81. The number of nitrogens with one attached hydrogen (secondary N) is 1. The molecule has 2 amide bonds. The summed E-state index contributed by atoms with van der Waals surface area (Å²) in [5.74, 6) is -0.311. The van der Waals surface area contributed by atoms with Crippen molar-refractivity contribution in [3.8, 4) is 0 Å². The highest BCUT2D eigenvalue weighted by Crippen LogP contribution is 2.24. The Hall–Kier alpha value is -2.71. The zero-order chi connectivity index (χ0) is 23.7. The summed E-state index contributed by atoms with van der Waals surface area (Å²) in [4.78, 5) is 28.1. The van der Waals surface area contributed by atoms with E-state index in [0.717, 1.165) is 22.5 Å². The van der Waals surface area contributed by atoms with Gasteiger partial charge < -0.3 is 10.2 Å². The average molecular weight is 460 g/mol. The first kappa shape index (κ1) is 25.5. The van der Waals surface area contributed by atoms with E-state index in [2.05, 4.69) is 19.2 Å². The number of likely N-dealkylation sites (N-methyl/N-ethyl adjacent to an activating group) is 1. The molecule has 32 heavy (non-hydrogen) atoms. The highest BCUT2D eigenvalue weighted by molar-refractivity contribution is 7.88. The third kappa shape index (κ3) is 7.76. The van der Waals surface area contributed by atoms with Gasteiger partial charge in [0, 0.05) is 20.1 Å². The molecular weight excluding hydrogens is 426 g/mol. The first-order valence-corrected chi connectivity index (χ1v) is 12.5. The van der Waals surface area contributed by atoms with Crippen LogP contribution in [0.5, 0.6) is 0 Å². The number of sulfonamides is 1. The van der Waals surface area contributed by atoms with Gasteiger partial charge in [-0.15, -0.1) is 0 Å². The van der Waals surface area contributed by atoms with Crippen molar-refractivity contribution < 1.29 is 18.0 Å². The molecule has 0 heterocycles. The lowest BCUT2D eigenvalue weighted by Crippen LogP contribution is -2.47. The first-order chi connectivity index (χ1) is 15.1. The van der Waals surface area contributed by atoms with Gasteiger partial charge in [-0.3, -0.25) is 9.59 Å². The lowest BCUT2D eigenvalue weighted by molar-refractivity contribution is -0.141. The summed E-state index contributed by atoms with van der Waals surface area (Å²) in [6.45, 7) is 4.47. The summed E-state index contributed by atoms with van der Waals surface area (Å²) in [5, 5.41) is 2.95. The molecule has 2 rings (SSSR count). The number of hydrogen-bond acceptors (Lipinski definition) is 4. The van der Waals surface area contributed by atoms with E-state index in [4.69, 9.17) is 0 Å². The molecule has 174 valence electrons. The quantitative estimate of drug-likeness (QED) is 0.560. The van der Waals surface area contributed by atoms with Gasteiger partial charge in [-0.1, -0.05) is 74.5 Å². The third-order valence-electron chi connectivity index (χ3n) is 5.14. The van der Waals surface area contributed by atoms with Crippen LogP contribution in [-0.4, -0.2) is 55.8 Å². The van der Waals surface area contributed by atoms with Crippen LogP contribution in [0.2, 0.25) is 0 Å². The largest absolute Gasteiger partial charge is 0.354 e. The Morgan fingerprint density at radius 1 is 0.969 bits per heavy atom. The van der Waals surface area contributed by atoms with E-state index in [0.29, 0.717) is 18.0 Å². The van der Waals surface area contributed by atoms with Crippen molar-refractivity contribution in [3.05, 3.63) is 71.8 Å². The lowest BCUT2D eigenvalue weighted by Gasteiger charge is -2.32. The number of carbonyl (C=O) groups excluding carboxylic acids is 2. The molecule has 7 nitrogen and oxygen atoms in total. The Labute approximate surface area is 191 Å². The second-order valence-corrected chi connectivity index (χ2v) is 10.4. The Balaban J connectivity index is 2.42. The molecule has 0 saturated carbocycles. The summed E-state index contributed by atoms with van der Waals surface area (Å²) >= 11 is 0. The summed E-state index contributed by atoms with van der Waals surface area (Å²) in [6, 6.07) is 17.5. The van der Waals surface area contributed by atoms with Crippen molar-refractivity contribution >= 4 is 21.8 Å². The van der Waals surface area contributed by atoms with Crippen LogP contribution in [0.15, 0.2) is 60.7 Å². The minimum absolute atomic E-state index is 0.175. The Kier molecular flexibility index (Phi) is 9.41. The van der Waals surface area contributed by atoms with Crippen LogP contribution < -0.4 is 5.32 Å². The van der Waals surface area contributed by atoms with Crippen LogP contribution in [0, 0.1) is 5.92 Å². The topological polar surface area (TPSA) is 86.8 Å². The summed E-state index contributed by atoms with van der Waals surface area (Å²) < 4.78 is 24.8. The van der Waals surface area contributed by atoms with E-state index in [1.807, 2.05) is 48.5 Å². The molecule has 1 atom stereocenters. The number of rotatable bonds is 11. The molecule has 0 radical (unpaired) electrons. The van der Waals surface area contributed by atoms with E-state index < -0.39 is 22.0 Å². The standard InChI is InChI=1S/C24H33N3O4S/c1-19(2)15-16-25-24(29)23(21-13-9-6-10-14-21)27(17-20-11-7-5-8-12-20)22(28)18-26(3)32(4,30)31/h5-14,19,23H,15-18H2,1-4H3,(H,25,29). The fourth-order valence-electron chi connectivity index (χ4n) is 3.19. The van der Waals surface area contributed by atoms with Gasteiger partial charge in [-0.05, 0) is 23.5 Å². The van der Waals surface area contributed by atoms with Gasteiger partial charge in [-0.2, -0.15) is 4.31 Å².